The van der Waals surface area contributed by atoms with Crippen molar-refractivity contribution in [3.05, 3.63) is 80.0 Å². The molecule has 22 heavy (non-hydrogen) atoms. The summed E-state index contributed by atoms with van der Waals surface area (Å²) < 4.78 is 3.20. The predicted octanol–water partition coefficient (Wildman–Crippen LogP) is 4.12. The lowest BCUT2D eigenvalue weighted by molar-refractivity contribution is 0.856. The van der Waals surface area contributed by atoms with E-state index < -0.39 is 0 Å². The first-order chi connectivity index (χ1) is 10.6. The summed E-state index contributed by atoms with van der Waals surface area (Å²) in [6.45, 7) is 3.83. The molecule has 0 bridgehead atoms. The molecule has 0 radical (unpaired) electrons. The highest BCUT2D eigenvalue weighted by Crippen LogP contribution is 2.22. The Morgan fingerprint density at radius 2 is 1.59 bits per heavy atom. The van der Waals surface area contributed by atoms with Gasteiger partial charge in [-0.05, 0) is 66.3 Å². The van der Waals surface area contributed by atoms with E-state index in [1.54, 1.807) is 0 Å². The predicted molar refractivity (Wildman–Crippen MR) is 97.5 cm³/mol. The van der Waals surface area contributed by atoms with Crippen LogP contribution >= 0.6 is 22.6 Å². The van der Waals surface area contributed by atoms with Gasteiger partial charge in [-0.3, -0.25) is 4.79 Å². The van der Waals surface area contributed by atoms with Crippen molar-refractivity contribution >= 4 is 22.6 Å². The van der Waals surface area contributed by atoms with Gasteiger partial charge in [0.05, 0.1) is 5.56 Å². The first-order valence-electron chi connectivity index (χ1n) is 6.99. The Balaban J connectivity index is 2.29. The molecule has 0 aliphatic rings. The van der Waals surface area contributed by atoms with Crippen LogP contribution in [0.2, 0.25) is 0 Å². The Hall–Kier alpha value is -1.95. The fourth-order valence-corrected chi connectivity index (χ4v) is 3.03. The highest BCUT2D eigenvalue weighted by Gasteiger charge is 2.14. The largest absolute Gasteiger partial charge is 0.302 e. The lowest BCUT2D eigenvalue weighted by Gasteiger charge is -2.17. The van der Waals surface area contributed by atoms with E-state index >= 15 is 0 Å². The van der Waals surface area contributed by atoms with Crippen LogP contribution in [0.25, 0.3) is 16.8 Å². The molecule has 0 unspecified atom stereocenters. The summed E-state index contributed by atoms with van der Waals surface area (Å²) in [5.41, 5.74) is 3.30. The zero-order chi connectivity index (χ0) is 15.7. The smallest absolute Gasteiger partial charge is 0.281 e. The van der Waals surface area contributed by atoms with Crippen molar-refractivity contribution in [2.75, 3.05) is 0 Å². The van der Waals surface area contributed by atoms with Gasteiger partial charge in [0, 0.05) is 15.0 Å². The number of aryl methyl sites for hydroxylation is 1. The standard InChI is InChI=1S/C18H15IN2O/c1-12-17(14-6-4-3-5-7-14)18(22)20-13(2)21(12)16-10-8-15(19)9-11-16/h3-11H,1-2H3. The van der Waals surface area contributed by atoms with E-state index in [0.717, 1.165) is 16.9 Å². The molecule has 2 aromatic carbocycles. The maximum atomic E-state index is 12.4. The molecule has 3 nitrogen and oxygen atoms in total. The maximum Gasteiger partial charge on any atom is 0.281 e. The molecule has 1 heterocycles. The lowest BCUT2D eigenvalue weighted by atomic mass is 10.1. The summed E-state index contributed by atoms with van der Waals surface area (Å²) >= 11 is 2.28. The minimum atomic E-state index is -0.178. The zero-order valence-corrected chi connectivity index (χ0v) is 14.5. The van der Waals surface area contributed by atoms with Crippen LogP contribution in [0, 0.1) is 17.4 Å². The minimum Gasteiger partial charge on any atom is -0.302 e. The lowest BCUT2D eigenvalue weighted by Crippen LogP contribution is -2.20. The van der Waals surface area contributed by atoms with Crippen molar-refractivity contribution in [1.82, 2.24) is 9.55 Å². The molecule has 3 aromatic rings. The van der Waals surface area contributed by atoms with E-state index in [-0.39, 0.29) is 5.56 Å². The van der Waals surface area contributed by atoms with Crippen LogP contribution in [-0.2, 0) is 0 Å². The van der Waals surface area contributed by atoms with Crippen LogP contribution in [0.4, 0.5) is 0 Å². The second kappa shape index (κ2) is 6.04. The number of aromatic nitrogens is 2. The Labute approximate surface area is 142 Å². The first kappa shape index (κ1) is 15.0. The first-order valence-corrected chi connectivity index (χ1v) is 8.07. The number of hydrogen-bond acceptors (Lipinski definition) is 2. The highest BCUT2D eigenvalue weighted by atomic mass is 127. The highest BCUT2D eigenvalue weighted by molar-refractivity contribution is 14.1. The van der Waals surface area contributed by atoms with Gasteiger partial charge in [-0.15, -0.1) is 0 Å². The van der Waals surface area contributed by atoms with Crippen LogP contribution in [0.15, 0.2) is 59.4 Å². The average molecular weight is 402 g/mol. The summed E-state index contributed by atoms with van der Waals surface area (Å²) in [6.07, 6.45) is 0. The van der Waals surface area contributed by atoms with Crippen LogP contribution in [-0.4, -0.2) is 9.55 Å². The van der Waals surface area contributed by atoms with Gasteiger partial charge >= 0.3 is 0 Å². The summed E-state index contributed by atoms with van der Waals surface area (Å²) in [7, 11) is 0. The Morgan fingerprint density at radius 3 is 2.23 bits per heavy atom. The third kappa shape index (κ3) is 2.70. The van der Waals surface area contributed by atoms with Gasteiger partial charge in [-0.25, -0.2) is 0 Å². The molecular formula is C18H15IN2O. The van der Waals surface area contributed by atoms with E-state index in [2.05, 4.69) is 39.7 Å². The Kier molecular flexibility index (Phi) is 4.11. The van der Waals surface area contributed by atoms with Crippen LogP contribution in [0.1, 0.15) is 11.5 Å². The van der Waals surface area contributed by atoms with E-state index in [1.165, 1.54) is 3.57 Å². The average Bonchev–Trinajstić information content (AvgIpc) is 2.50. The molecule has 0 amide bonds. The maximum absolute atomic E-state index is 12.4. The van der Waals surface area contributed by atoms with Crippen molar-refractivity contribution < 1.29 is 0 Å². The van der Waals surface area contributed by atoms with Gasteiger partial charge in [0.15, 0.2) is 0 Å². The van der Waals surface area contributed by atoms with Gasteiger partial charge < -0.3 is 4.57 Å². The fourth-order valence-electron chi connectivity index (χ4n) is 2.67. The normalized spacial score (nSPS) is 10.7. The number of rotatable bonds is 2. The molecule has 0 fully saturated rings. The van der Waals surface area contributed by atoms with Crippen LogP contribution in [0.3, 0.4) is 0 Å². The van der Waals surface area contributed by atoms with E-state index in [0.29, 0.717) is 11.4 Å². The number of benzene rings is 2. The van der Waals surface area contributed by atoms with E-state index in [1.807, 2.05) is 60.9 Å². The molecule has 0 saturated heterocycles. The van der Waals surface area contributed by atoms with Crippen molar-refractivity contribution in [1.29, 1.82) is 0 Å². The molecule has 0 aliphatic heterocycles. The molecule has 4 heteroatoms. The molecule has 0 N–H and O–H groups in total. The third-order valence-electron chi connectivity index (χ3n) is 3.65. The number of nitrogens with zero attached hydrogens (tertiary/aromatic N) is 2. The topological polar surface area (TPSA) is 34.9 Å². The Morgan fingerprint density at radius 1 is 0.955 bits per heavy atom. The van der Waals surface area contributed by atoms with Crippen LogP contribution in [0.5, 0.6) is 0 Å². The molecular weight excluding hydrogens is 387 g/mol. The van der Waals surface area contributed by atoms with Gasteiger partial charge in [-0.1, -0.05) is 30.3 Å². The molecule has 0 spiro atoms. The van der Waals surface area contributed by atoms with Crippen molar-refractivity contribution in [3.63, 3.8) is 0 Å². The van der Waals surface area contributed by atoms with Gasteiger partial charge in [-0.2, -0.15) is 4.98 Å². The quantitative estimate of drug-likeness (QED) is 0.605. The molecule has 110 valence electrons. The molecule has 0 saturated carbocycles. The van der Waals surface area contributed by atoms with Crippen molar-refractivity contribution in [3.8, 4) is 16.8 Å². The monoisotopic (exact) mass is 402 g/mol. The summed E-state index contributed by atoms with van der Waals surface area (Å²) in [5, 5.41) is 0. The van der Waals surface area contributed by atoms with E-state index in [9.17, 15) is 4.79 Å². The van der Waals surface area contributed by atoms with Crippen molar-refractivity contribution in [2.45, 2.75) is 13.8 Å². The van der Waals surface area contributed by atoms with Gasteiger partial charge in [0.25, 0.3) is 5.56 Å². The van der Waals surface area contributed by atoms with E-state index in [4.69, 9.17) is 0 Å². The molecule has 0 atom stereocenters. The summed E-state index contributed by atoms with van der Waals surface area (Å²) in [6, 6.07) is 17.9. The third-order valence-corrected chi connectivity index (χ3v) is 4.36. The summed E-state index contributed by atoms with van der Waals surface area (Å²) in [4.78, 5) is 16.6. The number of hydrogen-bond donors (Lipinski definition) is 0. The SMILES string of the molecule is Cc1nc(=O)c(-c2ccccc2)c(C)n1-c1ccc(I)cc1. The van der Waals surface area contributed by atoms with Crippen molar-refractivity contribution in [2.24, 2.45) is 0 Å². The van der Waals surface area contributed by atoms with Gasteiger partial charge in [0.1, 0.15) is 5.82 Å². The van der Waals surface area contributed by atoms with Gasteiger partial charge in [0.2, 0.25) is 0 Å². The molecule has 3 rings (SSSR count). The zero-order valence-electron chi connectivity index (χ0n) is 12.4. The summed E-state index contributed by atoms with van der Waals surface area (Å²) in [5.74, 6) is 0.698. The second-order valence-corrected chi connectivity index (χ2v) is 6.35. The minimum absolute atomic E-state index is 0.178. The second-order valence-electron chi connectivity index (χ2n) is 5.10. The molecule has 0 aliphatic carbocycles. The fraction of sp³-hybridized carbons (Fsp3) is 0.111. The molecule has 1 aromatic heterocycles. The number of halogens is 1. The van der Waals surface area contributed by atoms with Crippen LogP contribution < -0.4 is 5.56 Å². The Bertz CT molecular complexity index is 868.